The Morgan fingerprint density at radius 3 is 2.96 bits per heavy atom. The van der Waals surface area contributed by atoms with Gasteiger partial charge in [-0.05, 0) is 32.0 Å². The molecule has 1 amide bonds. The van der Waals surface area contributed by atoms with Gasteiger partial charge in [0.2, 0.25) is 5.95 Å². The third-order valence-electron chi connectivity index (χ3n) is 4.16. The fourth-order valence-electron chi connectivity index (χ4n) is 2.82. The van der Waals surface area contributed by atoms with E-state index < -0.39 is 5.91 Å². The zero-order valence-corrected chi connectivity index (χ0v) is 16.0. The lowest BCUT2D eigenvalue weighted by Gasteiger charge is -2.14. The molecular weight excluding hydrogens is 358 g/mol. The fraction of sp³-hybridized carbons (Fsp3) is 0.316. The van der Waals surface area contributed by atoms with Gasteiger partial charge < -0.3 is 31.8 Å². The standard InChI is InChI=1S/C19H25N7O2/c1-3-28-10-12(20)8-22-19-23-9-14(17(21)27)18(26-19)25-16-6-4-5-15-13(16)7-11(2)24-15/h4-7,9,12,24H,3,8,10,20H2,1-2H3,(H2,21,27)(H2,22,23,25,26)/t12-/m1/s1. The number of H-pyrrole nitrogens is 1. The quantitative estimate of drug-likeness (QED) is 0.379. The summed E-state index contributed by atoms with van der Waals surface area (Å²) in [5.41, 5.74) is 14.5. The van der Waals surface area contributed by atoms with E-state index in [0.717, 1.165) is 22.3 Å². The van der Waals surface area contributed by atoms with Crippen molar-refractivity contribution >= 4 is 34.3 Å². The Morgan fingerprint density at radius 1 is 1.39 bits per heavy atom. The van der Waals surface area contributed by atoms with Crippen molar-refractivity contribution in [1.29, 1.82) is 0 Å². The van der Waals surface area contributed by atoms with E-state index >= 15 is 0 Å². The van der Waals surface area contributed by atoms with Gasteiger partial charge in [-0.2, -0.15) is 4.98 Å². The predicted octanol–water partition coefficient (Wildman–Crippen LogP) is 1.88. The molecule has 9 nitrogen and oxygen atoms in total. The van der Waals surface area contributed by atoms with Gasteiger partial charge in [-0.1, -0.05) is 6.07 Å². The summed E-state index contributed by atoms with van der Waals surface area (Å²) in [6.07, 6.45) is 1.40. The lowest BCUT2D eigenvalue weighted by Crippen LogP contribution is -2.34. The number of aryl methyl sites for hydroxylation is 1. The molecule has 9 heteroatoms. The molecule has 0 bridgehead atoms. The van der Waals surface area contributed by atoms with Gasteiger partial charge in [0, 0.05) is 47.7 Å². The van der Waals surface area contributed by atoms with Gasteiger partial charge in [-0.25, -0.2) is 4.98 Å². The maximum absolute atomic E-state index is 11.8. The number of aromatic amines is 1. The van der Waals surface area contributed by atoms with E-state index in [1.807, 2.05) is 38.1 Å². The van der Waals surface area contributed by atoms with Gasteiger partial charge in [0.15, 0.2) is 0 Å². The number of benzene rings is 1. The van der Waals surface area contributed by atoms with Crippen molar-refractivity contribution in [3.8, 4) is 0 Å². The van der Waals surface area contributed by atoms with Crippen molar-refractivity contribution in [3.05, 3.63) is 41.7 Å². The summed E-state index contributed by atoms with van der Waals surface area (Å²) < 4.78 is 5.30. The predicted molar refractivity (Wildman–Crippen MR) is 110 cm³/mol. The second-order valence-corrected chi connectivity index (χ2v) is 6.46. The minimum atomic E-state index is -0.612. The molecule has 1 aromatic carbocycles. The first-order valence-electron chi connectivity index (χ1n) is 9.07. The number of nitrogens with one attached hydrogen (secondary N) is 3. The van der Waals surface area contributed by atoms with Crippen molar-refractivity contribution in [2.75, 3.05) is 30.4 Å². The average Bonchev–Trinajstić information content (AvgIpc) is 3.06. The lowest BCUT2D eigenvalue weighted by molar-refractivity contribution is 0.100. The number of carbonyl (C=O) groups excluding carboxylic acids is 1. The highest BCUT2D eigenvalue weighted by Crippen LogP contribution is 2.28. The summed E-state index contributed by atoms with van der Waals surface area (Å²) in [5, 5.41) is 7.25. The first-order chi connectivity index (χ1) is 13.5. The Hall–Kier alpha value is -3.17. The van der Waals surface area contributed by atoms with Crippen LogP contribution < -0.4 is 22.1 Å². The highest BCUT2D eigenvalue weighted by atomic mass is 16.5. The number of fused-ring (bicyclic) bond motifs is 1. The second kappa shape index (κ2) is 8.68. The number of hydrogen-bond donors (Lipinski definition) is 5. The molecule has 0 aliphatic heterocycles. The molecule has 0 saturated carbocycles. The van der Waals surface area contributed by atoms with Gasteiger partial charge in [-0.15, -0.1) is 0 Å². The first-order valence-corrected chi connectivity index (χ1v) is 9.07. The molecule has 2 aromatic heterocycles. The van der Waals surface area contributed by atoms with Crippen molar-refractivity contribution in [3.63, 3.8) is 0 Å². The van der Waals surface area contributed by atoms with Gasteiger partial charge in [0.05, 0.1) is 6.61 Å². The molecule has 0 aliphatic carbocycles. The van der Waals surface area contributed by atoms with E-state index in [9.17, 15) is 4.79 Å². The Balaban J connectivity index is 1.84. The molecule has 0 unspecified atom stereocenters. The van der Waals surface area contributed by atoms with Gasteiger partial charge in [0.25, 0.3) is 5.91 Å². The first kappa shape index (κ1) is 19.6. The lowest BCUT2D eigenvalue weighted by atomic mass is 10.2. The van der Waals surface area contributed by atoms with E-state index in [2.05, 4.69) is 25.6 Å². The minimum Gasteiger partial charge on any atom is -0.380 e. The van der Waals surface area contributed by atoms with Crippen molar-refractivity contribution < 1.29 is 9.53 Å². The van der Waals surface area contributed by atoms with Crippen LogP contribution in [0.4, 0.5) is 17.5 Å². The maximum atomic E-state index is 11.8. The molecule has 0 saturated heterocycles. The molecule has 0 spiro atoms. The Labute approximate surface area is 162 Å². The normalized spacial score (nSPS) is 12.1. The van der Waals surface area contributed by atoms with Crippen LogP contribution in [0.1, 0.15) is 23.0 Å². The van der Waals surface area contributed by atoms with E-state index in [0.29, 0.717) is 31.5 Å². The van der Waals surface area contributed by atoms with Crippen LogP contribution in [0.3, 0.4) is 0 Å². The Morgan fingerprint density at radius 2 is 2.21 bits per heavy atom. The monoisotopic (exact) mass is 383 g/mol. The number of aromatic nitrogens is 3. The number of primary amides is 1. The maximum Gasteiger partial charge on any atom is 0.254 e. The topological polar surface area (TPSA) is 144 Å². The van der Waals surface area contributed by atoms with Crippen LogP contribution in [0, 0.1) is 6.92 Å². The molecule has 148 valence electrons. The summed E-state index contributed by atoms with van der Waals surface area (Å²) in [6.45, 7) is 5.37. The number of nitrogens with two attached hydrogens (primary N) is 2. The molecule has 0 radical (unpaired) electrons. The summed E-state index contributed by atoms with van der Waals surface area (Å²) in [5.74, 6) is 0.0612. The molecule has 28 heavy (non-hydrogen) atoms. The molecule has 7 N–H and O–H groups in total. The zero-order chi connectivity index (χ0) is 20.1. The minimum absolute atomic E-state index is 0.202. The second-order valence-electron chi connectivity index (χ2n) is 6.46. The Kier molecular flexibility index (Phi) is 6.07. The highest BCUT2D eigenvalue weighted by Gasteiger charge is 2.14. The summed E-state index contributed by atoms with van der Waals surface area (Å²) >= 11 is 0. The summed E-state index contributed by atoms with van der Waals surface area (Å²) in [4.78, 5) is 23.7. The average molecular weight is 383 g/mol. The largest absolute Gasteiger partial charge is 0.380 e. The molecule has 1 atom stereocenters. The van der Waals surface area contributed by atoms with Gasteiger partial charge >= 0.3 is 0 Å². The summed E-state index contributed by atoms with van der Waals surface area (Å²) in [6, 6.07) is 7.63. The smallest absolute Gasteiger partial charge is 0.254 e. The Bertz CT molecular complexity index is 970. The number of hydrogen-bond acceptors (Lipinski definition) is 7. The molecule has 0 aliphatic rings. The third-order valence-corrected chi connectivity index (χ3v) is 4.16. The number of anilines is 3. The van der Waals surface area contributed by atoms with Crippen LogP contribution in [-0.4, -0.2) is 46.7 Å². The number of nitrogens with zero attached hydrogens (tertiary/aromatic N) is 2. The summed E-state index contributed by atoms with van der Waals surface area (Å²) in [7, 11) is 0. The third kappa shape index (κ3) is 4.56. The van der Waals surface area contributed by atoms with Crippen LogP contribution in [0.2, 0.25) is 0 Å². The van der Waals surface area contributed by atoms with Crippen LogP contribution in [-0.2, 0) is 4.74 Å². The van der Waals surface area contributed by atoms with E-state index in [1.165, 1.54) is 6.20 Å². The molecule has 2 heterocycles. The van der Waals surface area contributed by atoms with Crippen molar-refractivity contribution in [2.24, 2.45) is 11.5 Å². The van der Waals surface area contributed by atoms with Crippen LogP contribution in [0.25, 0.3) is 10.9 Å². The van der Waals surface area contributed by atoms with Gasteiger partial charge in [0.1, 0.15) is 11.4 Å². The molecule has 3 rings (SSSR count). The molecule has 3 aromatic rings. The number of rotatable bonds is 9. The number of carbonyl (C=O) groups is 1. The highest BCUT2D eigenvalue weighted by molar-refractivity contribution is 6.00. The van der Waals surface area contributed by atoms with E-state index in [4.69, 9.17) is 16.2 Å². The fourth-order valence-corrected chi connectivity index (χ4v) is 2.82. The molecular formula is C19H25N7O2. The number of amides is 1. The van der Waals surface area contributed by atoms with Crippen LogP contribution in [0.5, 0.6) is 0 Å². The van der Waals surface area contributed by atoms with Crippen molar-refractivity contribution in [2.45, 2.75) is 19.9 Å². The van der Waals surface area contributed by atoms with Crippen molar-refractivity contribution in [1.82, 2.24) is 15.0 Å². The molecule has 0 fully saturated rings. The van der Waals surface area contributed by atoms with Crippen LogP contribution in [0.15, 0.2) is 30.5 Å². The zero-order valence-electron chi connectivity index (χ0n) is 16.0. The van der Waals surface area contributed by atoms with Crippen LogP contribution >= 0.6 is 0 Å². The number of ether oxygens (including phenoxy) is 1. The van der Waals surface area contributed by atoms with Gasteiger partial charge in [-0.3, -0.25) is 4.79 Å². The van der Waals surface area contributed by atoms with E-state index in [1.54, 1.807) is 0 Å². The SMILES string of the molecule is CCOC[C@H](N)CNc1ncc(C(N)=O)c(Nc2cccc3[nH]c(C)cc23)n1. The van der Waals surface area contributed by atoms with E-state index in [-0.39, 0.29) is 11.6 Å².